The quantitative estimate of drug-likeness (QED) is 0.183. The minimum absolute atomic E-state index is 0. The first-order valence-corrected chi connectivity index (χ1v) is 18.0. The van der Waals surface area contributed by atoms with E-state index in [2.05, 4.69) is 94.0 Å². The van der Waals surface area contributed by atoms with Crippen LogP contribution in [0.4, 0.5) is 0 Å². The molecule has 0 amide bonds. The monoisotopic (exact) mass is 750 g/mol. The zero-order valence-corrected chi connectivity index (χ0v) is 28.1. The summed E-state index contributed by atoms with van der Waals surface area (Å²) in [6.45, 7) is 0. The molecule has 0 saturated heterocycles. The molecule has 0 saturated carbocycles. The van der Waals surface area contributed by atoms with Crippen molar-refractivity contribution in [2.24, 2.45) is 0 Å². The molecule has 0 bridgehead atoms. The van der Waals surface area contributed by atoms with Gasteiger partial charge in [0.2, 0.25) is 0 Å². The van der Waals surface area contributed by atoms with Crippen LogP contribution in [-0.4, -0.2) is 129 Å². The fourth-order valence-electron chi connectivity index (χ4n) is 1.40. The summed E-state index contributed by atoms with van der Waals surface area (Å²) < 4.78 is 38.2. The topological polar surface area (TPSA) is 335 Å². The molecule has 0 radical (unpaired) electrons. The van der Waals surface area contributed by atoms with Gasteiger partial charge in [0.05, 0.1) is 17.5 Å². The number of aromatic nitrogens is 16. The van der Waals surface area contributed by atoms with Crippen molar-refractivity contribution >= 4 is 43.2 Å². The largest absolute Gasteiger partial charge is 2.00 e. The third kappa shape index (κ3) is 27.4. The van der Waals surface area contributed by atoms with Gasteiger partial charge in [-0.15, -0.1) is 0 Å². The van der Waals surface area contributed by atoms with Gasteiger partial charge in [-0.2, -0.15) is 15.6 Å². The molecular weight excluding hydrogens is 719 g/mol. The maximum atomic E-state index is 9.56. The smallest absolute Gasteiger partial charge is 0.347 e. The van der Waals surface area contributed by atoms with Crippen molar-refractivity contribution in [1.82, 2.24) is 82.5 Å². The van der Waals surface area contributed by atoms with Gasteiger partial charge in [-0.25, -0.2) is 5.10 Å². The molecule has 0 aliphatic rings. The average Bonchev–Trinajstić information content (AvgIpc) is 3.66. The predicted octanol–water partition coefficient (Wildman–Crippen LogP) is -7.42. The summed E-state index contributed by atoms with van der Waals surface area (Å²) in [5.41, 5.74) is 7.43. The molecule has 0 unspecified atom stereocenters. The first kappa shape index (κ1) is 42.9. The molecule has 41 heavy (non-hydrogen) atoms. The van der Waals surface area contributed by atoms with E-state index in [9.17, 15) is 16.8 Å². The molecule has 0 aromatic carbocycles. The summed E-state index contributed by atoms with van der Waals surface area (Å²) in [5, 5.41) is 55.3. The molecule has 4 aromatic rings. The Morgan fingerprint density at radius 2 is 0.829 bits per heavy atom. The summed E-state index contributed by atoms with van der Waals surface area (Å²) in [4.78, 5) is 0. The second-order valence-corrected chi connectivity index (χ2v) is 13.0. The molecule has 0 aliphatic heterocycles. The minimum Gasteiger partial charge on any atom is -0.347 e. The van der Waals surface area contributed by atoms with Gasteiger partial charge in [-0.3, -0.25) is 58.2 Å². The fraction of sp³-hybridized carbons (Fsp3) is 0.714. The number of rotatable bonds is 4. The molecule has 0 spiro atoms. The molecule has 0 aliphatic carbocycles. The minimum atomic E-state index is -0.611. The van der Waals surface area contributed by atoms with E-state index in [4.69, 9.17) is 0 Å². The first-order chi connectivity index (χ1) is 18.7. The predicted molar refractivity (Wildman–Crippen MR) is 142 cm³/mol. The van der Waals surface area contributed by atoms with E-state index >= 15 is 0 Å². The van der Waals surface area contributed by atoms with Crippen molar-refractivity contribution in [3.8, 4) is 0 Å². The van der Waals surface area contributed by atoms with Crippen molar-refractivity contribution in [3.63, 3.8) is 0 Å². The van der Waals surface area contributed by atoms with E-state index < -0.39 is 55.3 Å². The van der Waals surface area contributed by atoms with Gasteiger partial charge in [0.1, 0.15) is 11.9 Å². The van der Waals surface area contributed by atoms with Crippen LogP contribution in [0.2, 0.25) is 0 Å². The standard InChI is InChI=1S/2C3H3N9.4C2H6OS.Pd/c2*4-1(2-5-9-10-6-2)3-7-11-12-8-3;4*1-4(2)3;/h2*1H,4H2;4*1-2H3;/q2*-2;;;;;+2/p+2. The van der Waals surface area contributed by atoms with Crippen LogP contribution in [0.1, 0.15) is 35.4 Å². The van der Waals surface area contributed by atoms with Crippen LogP contribution in [0, 0.1) is 0 Å². The first-order valence-electron chi connectivity index (χ1n) is 10.1. The van der Waals surface area contributed by atoms with Gasteiger partial charge in [0.15, 0.2) is 6.04 Å². The fourth-order valence-corrected chi connectivity index (χ4v) is 1.40. The molecule has 0 atom stereocenters. The van der Waals surface area contributed by atoms with Crippen LogP contribution in [0.5, 0.6) is 0 Å². The molecule has 4 rings (SSSR count). The molecule has 0 fully saturated rings. The van der Waals surface area contributed by atoms with Crippen LogP contribution in [-0.2, 0) is 63.6 Å². The van der Waals surface area contributed by atoms with Crippen LogP contribution in [0.3, 0.4) is 0 Å². The van der Waals surface area contributed by atoms with Crippen molar-refractivity contribution in [3.05, 3.63) is 23.3 Å². The zero-order valence-electron chi connectivity index (χ0n) is 23.3. The Bertz CT molecular complexity index is 994. The molecular formula is C14H32N18O4PdS4. The number of hydrogen-bond donors (Lipinski definition) is 2. The van der Waals surface area contributed by atoms with Gasteiger partial charge < -0.3 is 31.9 Å². The number of tetrazole rings is 4. The Balaban J connectivity index is -0.000000464. The van der Waals surface area contributed by atoms with Crippen molar-refractivity contribution in [1.29, 1.82) is 0 Å². The van der Waals surface area contributed by atoms with Gasteiger partial charge in [-0.1, -0.05) is 0 Å². The normalized spacial score (nSPS) is 10.4. The van der Waals surface area contributed by atoms with E-state index in [1.54, 1.807) is 50.0 Å². The second kappa shape index (κ2) is 26.4. The molecule has 4 aromatic heterocycles. The number of nitrogens with zero attached hydrogens (tertiary/aromatic N) is 16. The van der Waals surface area contributed by atoms with Crippen molar-refractivity contribution < 1.29 is 48.7 Å². The van der Waals surface area contributed by atoms with Crippen LogP contribution in [0.15, 0.2) is 0 Å². The van der Waals surface area contributed by atoms with E-state index in [1.807, 2.05) is 0 Å². The van der Waals surface area contributed by atoms with Crippen LogP contribution >= 0.6 is 0 Å². The Labute approximate surface area is 258 Å². The van der Waals surface area contributed by atoms with E-state index in [0.29, 0.717) is 23.3 Å². The van der Waals surface area contributed by atoms with E-state index in [1.165, 1.54) is 0 Å². The molecule has 6 N–H and O–H groups in total. The average molecular weight is 751 g/mol. The summed E-state index contributed by atoms with van der Waals surface area (Å²) in [6, 6.07) is -0.815. The van der Waals surface area contributed by atoms with Gasteiger partial charge >= 0.3 is 20.4 Å². The number of hydrogen-bond acceptors (Lipinski definition) is 16. The SMILES string of the molecule is CS(C)=O.CS(C)=O.CS(C)=O.CS(C)=O.[NH3+]C(c1nn[n-]n1)c1nnn[n-]1.[NH3+]C(c1nnn[n-]1)c1nnn[n-]1.[Pd+2]. The maximum Gasteiger partial charge on any atom is 2.00 e. The Morgan fingerprint density at radius 3 is 1.05 bits per heavy atom. The van der Waals surface area contributed by atoms with Crippen LogP contribution in [0.25, 0.3) is 0 Å². The third-order valence-electron chi connectivity index (χ3n) is 2.58. The van der Waals surface area contributed by atoms with Gasteiger partial charge in [0.25, 0.3) is 0 Å². The molecule has 27 heteroatoms. The number of quaternary nitrogens is 2. The van der Waals surface area contributed by atoms with Crippen molar-refractivity contribution in [2.75, 3.05) is 50.0 Å². The zero-order chi connectivity index (χ0) is 31.1. The van der Waals surface area contributed by atoms with Gasteiger partial charge in [-0.05, 0) is 0 Å². The second-order valence-electron chi connectivity index (χ2n) is 7.02. The maximum absolute atomic E-state index is 9.56. The third-order valence-corrected chi connectivity index (χ3v) is 2.58. The van der Waals surface area contributed by atoms with Gasteiger partial charge in [0, 0.05) is 93.2 Å². The van der Waals surface area contributed by atoms with Crippen molar-refractivity contribution in [2.45, 2.75) is 12.1 Å². The van der Waals surface area contributed by atoms with Crippen LogP contribution < -0.4 is 32.0 Å². The Kier molecular flexibility index (Phi) is 27.6. The summed E-state index contributed by atoms with van der Waals surface area (Å²) >= 11 is 0. The van der Waals surface area contributed by atoms with E-state index in [0.717, 1.165) is 0 Å². The summed E-state index contributed by atoms with van der Waals surface area (Å²) in [5.74, 6) is 1.46. The summed E-state index contributed by atoms with van der Waals surface area (Å²) in [6.07, 6.45) is 13.1. The Morgan fingerprint density at radius 1 is 0.537 bits per heavy atom. The molecule has 236 valence electrons. The molecule has 22 nitrogen and oxygen atoms in total. The molecule has 4 heterocycles. The summed E-state index contributed by atoms with van der Waals surface area (Å²) in [7, 11) is -2.44. The Hall–Kier alpha value is -2.54. The van der Waals surface area contributed by atoms with E-state index in [-0.39, 0.29) is 20.4 Å².